The SMILES string of the molecule is CCC/C=C(\C=C/C#CCCCN)c1cccc(-c2cc(-c3cccc(C4=C/CCCCCC/C=C\4)c3)cc(-c3cccc(C4=C/C(CC)CCC/C=C/C=C\4)c3)c2)c1. The van der Waals surface area contributed by atoms with Gasteiger partial charge in [-0.25, -0.2) is 0 Å². The fourth-order valence-corrected chi connectivity index (χ4v) is 8.05. The Kier molecular flexibility index (Phi) is 17.5. The van der Waals surface area contributed by atoms with E-state index >= 15 is 0 Å². The highest BCUT2D eigenvalue weighted by atomic mass is 14.5. The Morgan fingerprint density at radius 3 is 2.02 bits per heavy atom. The van der Waals surface area contributed by atoms with E-state index in [-0.39, 0.29) is 0 Å². The van der Waals surface area contributed by atoms with Crippen LogP contribution in [-0.2, 0) is 0 Å². The van der Waals surface area contributed by atoms with Crippen molar-refractivity contribution in [3.05, 3.63) is 175 Å². The quantitative estimate of drug-likeness (QED) is 0.0866. The van der Waals surface area contributed by atoms with Gasteiger partial charge < -0.3 is 5.73 Å². The number of hydrogen-bond donors (Lipinski definition) is 1. The minimum absolute atomic E-state index is 0.574. The number of benzene rings is 4. The number of allylic oxidation sites excluding steroid dienone is 14. The van der Waals surface area contributed by atoms with E-state index in [9.17, 15) is 0 Å². The molecule has 1 nitrogen and oxygen atoms in total. The molecule has 302 valence electrons. The molecule has 0 aliphatic heterocycles. The maximum Gasteiger partial charge on any atom is 0.0104 e. The summed E-state index contributed by atoms with van der Waals surface area (Å²) in [6.45, 7) is 5.23. The van der Waals surface area contributed by atoms with E-state index in [2.05, 4.69) is 177 Å². The van der Waals surface area contributed by atoms with Crippen LogP contribution < -0.4 is 5.73 Å². The first-order valence-electron chi connectivity index (χ1n) is 22.6. The zero-order valence-electron chi connectivity index (χ0n) is 35.8. The molecule has 0 saturated heterocycles. The zero-order valence-corrected chi connectivity index (χ0v) is 35.8. The third-order valence-corrected chi connectivity index (χ3v) is 11.5. The Balaban J connectivity index is 1.46. The van der Waals surface area contributed by atoms with Crippen LogP contribution in [0.2, 0.25) is 0 Å². The van der Waals surface area contributed by atoms with Crippen molar-refractivity contribution in [2.24, 2.45) is 11.7 Å². The van der Waals surface area contributed by atoms with E-state index in [1.807, 2.05) is 6.08 Å². The molecule has 1 heteroatoms. The van der Waals surface area contributed by atoms with Gasteiger partial charge in [-0.2, -0.15) is 0 Å². The summed E-state index contributed by atoms with van der Waals surface area (Å²) in [5, 5.41) is 0. The third kappa shape index (κ3) is 13.3. The monoisotopic (exact) mass is 776 g/mol. The van der Waals surface area contributed by atoms with E-state index in [0.717, 1.165) is 51.4 Å². The third-order valence-electron chi connectivity index (χ3n) is 11.5. The van der Waals surface area contributed by atoms with Gasteiger partial charge in [-0.15, -0.1) is 0 Å². The number of rotatable bonds is 12. The molecule has 1 atom stereocenters. The molecule has 1 unspecified atom stereocenters. The topological polar surface area (TPSA) is 26.0 Å². The molecule has 0 fully saturated rings. The average molecular weight is 776 g/mol. The minimum Gasteiger partial charge on any atom is -0.330 e. The Morgan fingerprint density at radius 1 is 0.661 bits per heavy atom. The summed E-state index contributed by atoms with van der Waals surface area (Å²) >= 11 is 0. The molecule has 2 aliphatic rings. The molecule has 2 aliphatic carbocycles. The van der Waals surface area contributed by atoms with E-state index in [4.69, 9.17) is 5.73 Å². The van der Waals surface area contributed by atoms with Crippen LogP contribution in [-0.4, -0.2) is 6.54 Å². The summed E-state index contributed by atoms with van der Waals surface area (Å²) < 4.78 is 0. The summed E-state index contributed by atoms with van der Waals surface area (Å²) in [5.74, 6) is 7.05. The molecule has 2 N–H and O–H groups in total. The van der Waals surface area contributed by atoms with Gasteiger partial charge in [0.15, 0.2) is 0 Å². The maximum atomic E-state index is 5.69. The molecule has 0 spiro atoms. The lowest BCUT2D eigenvalue weighted by molar-refractivity contribution is 0.550. The summed E-state index contributed by atoms with van der Waals surface area (Å²) in [6.07, 6.45) is 41.3. The van der Waals surface area contributed by atoms with Crippen LogP contribution in [0.1, 0.15) is 120 Å². The standard InChI is InChI=1S/C58H65N/c1-3-5-27-47(28-20-15-10-16-22-38-59)50-32-23-35-53(40-50)56-43-57(54-36-24-33-51(41-54)48-29-18-12-7-6-8-13-19-30-48)45-58(44-56)55-37-25-34-52(42-55)49-31-21-14-9-11-17-26-46(4-2)39-49/h9,14,18,20-21,23-25,27-37,39-46H,3-8,11-13,16-17,19,22,26,38,59H2,1-2H3/b14-9+,28-20-,29-18-,31-21-,47-27+,48-30+,49-39+. The number of nitrogens with two attached hydrogens (primary N) is 1. The lowest BCUT2D eigenvalue weighted by Gasteiger charge is -2.16. The first kappa shape index (κ1) is 43.2. The predicted octanol–water partition coefficient (Wildman–Crippen LogP) is 16.2. The second kappa shape index (κ2) is 23.9. The number of hydrogen-bond acceptors (Lipinski definition) is 1. The van der Waals surface area contributed by atoms with Gasteiger partial charge in [-0.3, -0.25) is 0 Å². The smallest absolute Gasteiger partial charge is 0.0104 e. The molecule has 0 heterocycles. The predicted molar refractivity (Wildman–Crippen MR) is 260 cm³/mol. The van der Waals surface area contributed by atoms with Gasteiger partial charge in [0, 0.05) is 6.42 Å². The van der Waals surface area contributed by atoms with Crippen LogP contribution in [0.5, 0.6) is 0 Å². The highest BCUT2D eigenvalue weighted by Crippen LogP contribution is 2.37. The molecule has 4 aromatic carbocycles. The maximum absolute atomic E-state index is 5.69. The molecular weight excluding hydrogens is 711 g/mol. The highest BCUT2D eigenvalue weighted by molar-refractivity contribution is 5.86. The van der Waals surface area contributed by atoms with Crippen LogP contribution in [0.25, 0.3) is 50.1 Å². The molecule has 59 heavy (non-hydrogen) atoms. The molecule has 0 aromatic heterocycles. The van der Waals surface area contributed by atoms with Crippen LogP contribution in [0.3, 0.4) is 0 Å². The highest BCUT2D eigenvalue weighted by Gasteiger charge is 2.13. The molecule has 0 bridgehead atoms. The largest absolute Gasteiger partial charge is 0.330 e. The van der Waals surface area contributed by atoms with Crippen molar-refractivity contribution in [3.63, 3.8) is 0 Å². The summed E-state index contributed by atoms with van der Waals surface area (Å²) in [4.78, 5) is 0. The fraction of sp³-hybridized carbons (Fsp3) is 0.310. The van der Waals surface area contributed by atoms with Gasteiger partial charge in [-0.05, 0) is 192 Å². The van der Waals surface area contributed by atoms with Crippen molar-refractivity contribution in [2.75, 3.05) is 6.54 Å². The molecule has 4 aromatic rings. The van der Waals surface area contributed by atoms with Gasteiger partial charge in [-0.1, -0.05) is 154 Å². The summed E-state index contributed by atoms with van der Waals surface area (Å²) in [6, 6.07) is 34.6. The Hall–Kier alpha value is -5.42. The van der Waals surface area contributed by atoms with Gasteiger partial charge in [0.25, 0.3) is 0 Å². The van der Waals surface area contributed by atoms with Crippen molar-refractivity contribution < 1.29 is 0 Å². The summed E-state index contributed by atoms with van der Waals surface area (Å²) in [5.41, 5.74) is 20.6. The average Bonchev–Trinajstić information content (AvgIpc) is 3.29. The number of unbranched alkanes of at least 4 members (excludes halogenated alkanes) is 2. The first-order chi connectivity index (χ1) is 29.1. The molecular formula is C58H65N. The minimum atomic E-state index is 0.574. The van der Waals surface area contributed by atoms with E-state index in [1.165, 1.54) is 105 Å². The Morgan fingerprint density at radius 2 is 1.31 bits per heavy atom. The second-order valence-corrected chi connectivity index (χ2v) is 16.1. The normalized spacial score (nSPS) is 20.0. The van der Waals surface area contributed by atoms with Gasteiger partial charge >= 0.3 is 0 Å². The summed E-state index contributed by atoms with van der Waals surface area (Å²) in [7, 11) is 0. The van der Waals surface area contributed by atoms with Gasteiger partial charge in [0.1, 0.15) is 0 Å². The van der Waals surface area contributed by atoms with Crippen LogP contribution in [0.15, 0.2) is 158 Å². The lowest BCUT2D eigenvalue weighted by Crippen LogP contribution is -1.97. The van der Waals surface area contributed by atoms with Crippen LogP contribution in [0, 0.1) is 17.8 Å². The van der Waals surface area contributed by atoms with Crippen LogP contribution >= 0.6 is 0 Å². The van der Waals surface area contributed by atoms with E-state index in [0.29, 0.717) is 12.5 Å². The lowest BCUT2D eigenvalue weighted by atomic mass is 9.89. The fourth-order valence-electron chi connectivity index (χ4n) is 8.05. The molecule has 0 saturated carbocycles. The molecule has 0 amide bonds. The van der Waals surface area contributed by atoms with Crippen LogP contribution in [0.4, 0.5) is 0 Å². The zero-order chi connectivity index (χ0) is 40.9. The van der Waals surface area contributed by atoms with E-state index < -0.39 is 0 Å². The van der Waals surface area contributed by atoms with Gasteiger partial charge in [0.2, 0.25) is 0 Å². The molecule has 0 radical (unpaired) electrons. The van der Waals surface area contributed by atoms with Gasteiger partial charge in [0.05, 0.1) is 0 Å². The van der Waals surface area contributed by atoms with Crippen molar-refractivity contribution in [1.82, 2.24) is 0 Å². The van der Waals surface area contributed by atoms with Crippen molar-refractivity contribution in [1.29, 1.82) is 0 Å². The van der Waals surface area contributed by atoms with Crippen molar-refractivity contribution in [3.8, 4) is 45.2 Å². The Bertz CT molecular complexity index is 2250. The Labute approximate surface area is 357 Å². The van der Waals surface area contributed by atoms with Crippen molar-refractivity contribution in [2.45, 2.75) is 104 Å². The first-order valence-corrected chi connectivity index (χ1v) is 22.6. The molecule has 6 rings (SSSR count). The van der Waals surface area contributed by atoms with E-state index in [1.54, 1.807) is 0 Å². The van der Waals surface area contributed by atoms with Crippen molar-refractivity contribution >= 4 is 16.7 Å². The second-order valence-electron chi connectivity index (χ2n) is 16.1.